The lowest BCUT2D eigenvalue weighted by Gasteiger charge is -2.37. The molecule has 0 aromatic carbocycles. The van der Waals surface area contributed by atoms with E-state index in [1.54, 1.807) is 7.11 Å². The van der Waals surface area contributed by atoms with E-state index in [1.807, 2.05) is 0 Å². The van der Waals surface area contributed by atoms with E-state index in [0.717, 1.165) is 32.0 Å². The summed E-state index contributed by atoms with van der Waals surface area (Å²) >= 11 is 0. The van der Waals surface area contributed by atoms with Gasteiger partial charge in [0.05, 0.1) is 5.71 Å². The summed E-state index contributed by atoms with van der Waals surface area (Å²) in [5.41, 5.74) is 1.22. The van der Waals surface area contributed by atoms with Gasteiger partial charge in [-0.05, 0) is 25.9 Å². The zero-order chi connectivity index (χ0) is 10.5. The summed E-state index contributed by atoms with van der Waals surface area (Å²) in [6.07, 6.45) is 4.77. The lowest BCUT2D eigenvalue weighted by Crippen LogP contribution is -2.46. The fourth-order valence-corrected chi connectivity index (χ4v) is 2.54. The van der Waals surface area contributed by atoms with E-state index < -0.39 is 0 Å². The molecule has 86 valence electrons. The van der Waals surface area contributed by atoms with E-state index >= 15 is 0 Å². The first-order chi connectivity index (χ1) is 7.40. The van der Waals surface area contributed by atoms with Crippen molar-refractivity contribution in [3.05, 3.63) is 0 Å². The van der Waals surface area contributed by atoms with Gasteiger partial charge in [-0.25, -0.2) is 0 Å². The molecule has 2 aliphatic rings. The van der Waals surface area contributed by atoms with E-state index in [1.165, 1.54) is 31.6 Å². The van der Waals surface area contributed by atoms with Crippen molar-refractivity contribution in [1.29, 1.82) is 0 Å². The third-order valence-corrected chi connectivity index (χ3v) is 3.42. The molecule has 0 spiro atoms. The van der Waals surface area contributed by atoms with Gasteiger partial charge in [0, 0.05) is 32.0 Å². The molecule has 0 aliphatic carbocycles. The predicted octanol–water partition coefficient (Wildman–Crippen LogP) is 0.837. The molecule has 0 saturated carbocycles. The standard InChI is InChI=1S/C11H21N3O/c1-15-13-10-4-8-14(9-5-10)11-2-6-12-7-3-11/h11-12H,2-9H2,1H3. The van der Waals surface area contributed by atoms with Gasteiger partial charge in [0.25, 0.3) is 0 Å². The predicted molar refractivity (Wildman–Crippen MR) is 61.1 cm³/mol. The number of piperidine rings is 2. The number of rotatable bonds is 2. The van der Waals surface area contributed by atoms with Crippen molar-refractivity contribution >= 4 is 5.71 Å². The van der Waals surface area contributed by atoms with Gasteiger partial charge in [0.15, 0.2) is 0 Å². The van der Waals surface area contributed by atoms with Gasteiger partial charge >= 0.3 is 0 Å². The fraction of sp³-hybridized carbons (Fsp3) is 0.909. The normalized spacial score (nSPS) is 25.3. The molecule has 0 radical (unpaired) electrons. The minimum Gasteiger partial charge on any atom is -0.399 e. The third-order valence-electron chi connectivity index (χ3n) is 3.42. The molecule has 0 aromatic rings. The SMILES string of the molecule is CON=C1CCN(C2CCNCC2)CC1. The molecule has 2 fully saturated rings. The van der Waals surface area contributed by atoms with Gasteiger partial charge in [-0.15, -0.1) is 0 Å². The average Bonchev–Trinajstić information content (AvgIpc) is 2.32. The molecule has 2 rings (SSSR count). The zero-order valence-electron chi connectivity index (χ0n) is 9.54. The molecular formula is C11H21N3O. The Kier molecular flexibility index (Phi) is 3.97. The highest BCUT2D eigenvalue weighted by Gasteiger charge is 2.24. The first-order valence-corrected chi connectivity index (χ1v) is 5.94. The van der Waals surface area contributed by atoms with E-state index in [2.05, 4.69) is 15.4 Å². The van der Waals surface area contributed by atoms with Crippen molar-refractivity contribution in [3.63, 3.8) is 0 Å². The summed E-state index contributed by atoms with van der Waals surface area (Å²) in [6, 6.07) is 0.801. The summed E-state index contributed by atoms with van der Waals surface area (Å²) in [7, 11) is 1.63. The first kappa shape index (κ1) is 10.9. The molecule has 15 heavy (non-hydrogen) atoms. The quantitative estimate of drug-likeness (QED) is 0.688. The topological polar surface area (TPSA) is 36.9 Å². The number of oxime groups is 1. The Morgan fingerprint density at radius 1 is 1.27 bits per heavy atom. The van der Waals surface area contributed by atoms with Crippen LogP contribution in [0.3, 0.4) is 0 Å². The van der Waals surface area contributed by atoms with E-state index in [-0.39, 0.29) is 0 Å². The molecule has 0 atom stereocenters. The Labute approximate surface area is 91.6 Å². The molecule has 2 saturated heterocycles. The van der Waals surface area contributed by atoms with Crippen LogP contribution in [0.15, 0.2) is 5.16 Å². The smallest absolute Gasteiger partial charge is 0.106 e. The zero-order valence-corrected chi connectivity index (χ0v) is 9.54. The van der Waals surface area contributed by atoms with Crippen LogP contribution in [-0.2, 0) is 4.84 Å². The Balaban J connectivity index is 1.79. The van der Waals surface area contributed by atoms with Gasteiger partial charge in [-0.1, -0.05) is 5.16 Å². The van der Waals surface area contributed by atoms with Crippen LogP contribution in [-0.4, -0.2) is 49.9 Å². The average molecular weight is 211 g/mol. The van der Waals surface area contributed by atoms with Crippen LogP contribution in [0.1, 0.15) is 25.7 Å². The largest absolute Gasteiger partial charge is 0.399 e. The molecule has 2 aliphatic heterocycles. The van der Waals surface area contributed by atoms with E-state index in [0.29, 0.717) is 0 Å². The number of hydrogen-bond acceptors (Lipinski definition) is 4. The molecular weight excluding hydrogens is 190 g/mol. The van der Waals surface area contributed by atoms with Crippen molar-refractivity contribution in [3.8, 4) is 0 Å². The summed E-state index contributed by atoms with van der Waals surface area (Å²) in [4.78, 5) is 7.44. The number of nitrogens with zero attached hydrogens (tertiary/aromatic N) is 2. The maximum atomic E-state index is 4.82. The summed E-state index contributed by atoms with van der Waals surface area (Å²) < 4.78 is 0. The molecule has 0 unspecified atom stereocenters. The Bertz CT molecular complexity index is 214. The molecule has 4 nitrogen and oxygen atoms in total. The molecule has 2 heterocycles. The monoisotopic (exact) mass is 211 g/mol. The Morgan fingerprint density at radius 3 is 2.53 bits per heavy atom. The summed E-state index contributed by atoms with van der Waals surface area (Å²) in [6.45, 7) is 4.68. The van der Waals surface area contributed by atoms with Crippen molar-refractivity contribution in [2.45, 2.75) is 31.7 Å². The van der Waals surface area contributed by atoms with Gasteiger partial charge in [-0.3, -0.25) is 4.90 Å². The molecule has 4 heteroatoms. The van der Waals surface area contributed by atoms with Crippen LogP contribution in [0.25, 0.3) is 0 Å². The van der Waals surface area contributed by atoms with Crippen LogP contribution in [0, 0.1) is 0 Å². The fourth-order valence-electron chi connectivity index (χ4n) is 2.54. The maximum Gasteiger partial charge on any atom is 0.106 e. The number of likely N-dealkylation sites (tertiary alicyclic amines) is 1. The lowest BCUT2D eigenvalue weighted by molar-refractivity contribution is 0.156. The van der Waals surface area contributed by atoms with Crippen molar-refractivity contribution < 1.29 is 4.84 Å². The molecule has 0 amide bonds. The second kappa shape index (κ2) is 5.47. The van der Waals surface area contributed by atoms with Crippen molar-refractivity contribution in [1.82, 2.24) is 10.2 Å². The Morgan fingerprint density at radius 2 is 1.93 bits per heavy atom. The van der Waals surface area contributed by atoms with Gasteiger partial charge in [0.2, 0.25) is 0 Å². The highest BCUT2D eigenvalue weighted by Crippen LogP contribution is 2.17. The van der Waals surface area contributed by atoms with Crippen LogP contribution in [0.2, 0.25) is 0 Å². The molecule has 1 N–H and O–H groups in total. The van der Waals surface area contributed by atoms with E-state index in [4.69, 9.17) is 4.84 Å². The molecule has 0 bridgehead atoms. The second-order valence-corrected chi connectivity index (χ2v) is 4.36. The van der Waals surface area contributed by atoms with Crippen LogP contribution < -0.4 is 5.32 Å². The number of hydrogen-bond donors (Lipinski definition) is 1. The second-order valence-electron chi connectivity index (χ2n) is 4.36. The van der Waals surface area contributed by atoms with Gasteiger partial charge in [-0.2, -0.15) is 0 Å². The highest BCUT2D eigenvalue weighted by atomic mass is 16.6. The van der Waals surface area contributed by atoms with Gasteiger partial charge < -0.3 is 10.2 Å². The van der Waals surface area contributed by atoms with Gasteiger partial charge in [0.1, 0.15) is 7.11 Å². The number of nitrogens with one attached hydrogen (secondary N) is 1. The van der Waals surface area contributed by atoms with Crippen LogP contribution in [0.4, 0.5) is 0 Å². The summed E-state index contributed by atoms with van der Waals surface area (Å²) in [5.74, 6) is 0. The van der Waals surface area contributed by atoms with Crippen LogP contribution >= 0.6 is 0 Å². The van der Waals surface area contributed by atoms with Crippen molar-refractivity contribution in [2.75, 3.05) is 33.3 Å². The Hall–Kier alpha value is -0.610. The van der Waals surface area contributed by atoms with Crippen LogP contribution in [0.5, 0.6) is 0 Å². The minimum absolute atomic E-state index is 0.801. The maximum absolute atomic E-state index is 4.82. The van der Waals surface area contributed by atoms with E-state index in [9.17, 15) is 0 Å². The summed E-state index contributed by atoms with van der Waals surface area (Å²) in [5, 5.41) is 7.45. The third kappa shape index (κ3) is 2.92. The van der Waals surface area contributed by atoms with Crippen molar-refractivity contribution in [2.24, 2.45) is 5.16 Å². The lowest BCUT2D eigenvalue weighted by atomic mass is 10.0. The molecule has 0 aromatic heterocycles. The minimum atomic E-state index is 0.801. The highest BCUT2D eigenvalue weighted by molar-refractivity contribution is 5.84. The first-order valence-electron chi connectivity index (χ1n) is 5.94.